The van der Waals surface area contributed by atoms with Gasteiger partial charge in [-0.05, 0) is 32.1 Å². The normalized spacial score (nSPS) is 23.8. The van der Waals surface area contributed by atoms with Crippen molar-refractivity contribution in [2.45, 2.75) is 52.1 Å². The van der Waals surface area contributed by atoms with Gasteiger partial charge in [0.2, 0.25) is 18.4 Å². The molecule has 28 heavy (non-hydrogen) atoms. The van der Waals surface area contributed by atoms with Crippen LogP contribution in [0.3, 0.4) is 0 Å². The van der Waals surface area contributed by atoms with Gasteiger partial charge < -0.3 is 19.3 Å². The van der Waals surface area contributed by atoms with Crippen LogP contribution in [0.5, 0.6) is 17.2 Å². The average molecular weight is 390 g/mol. The van der Waals surface area contributed by atoms with Gasteiger partial charge in [0.05, 0.1) is 0 Å². The molecule has 8 heteroatoms. The fourth-order valence-corrected chi connectivity index (χ4v) is 3.31. The smallest absolute Gasteiger partial charge is 0.342 e. The molecule has 0 saturated heterocycles. The molecule has 0 unspecified atom stereocenters. The zero-order chi connectivity index (χ0) is 20.4. The minimum Gasteiger partial charge on any atom is -0.507 e. The third-order valence-electron chi connectivity index (χ3n) is 5.20. The Morgan fingerprint density at radius 3 is 2.46 bits per heavy atom. The molecule has 2 aliphatic heterocycles. The molecule has 2 atom stereocenters. The largest absolute Gasteiger partial charge is 0.507 e. The number of carbonyl (C=O) groups excluding carboxylic acids is 4. The fraction of sp³-hybridized carbons (Fsp3) is 0.500. The van der Waals surface area contributed by atoms with Crippen molar-refractivity contribution < 1.29 is 38.5 Å². The van der Waals surface area contributed by atoms with Gasteiger partial charge in [-0.3, -0.25) is 14.4 Å². The number of ether oxygens (including phenoxy) is 3. The molecule has 0 amide bonds. The minimum atomic E-state index is -0.991. The Hall–Kier alpha value is -2.90. The van der Waals surface area contributed by atoms with Gasteiger partial charge in [0.25, 0.3) is 5.78 Å². The molecule has 2 aliphatic rings. The highest BCUT2D eigenvalue weighted by molar-refractivity contribution is 6.63. The lowest BCUT2D eigenvalue weighted by atomic mass is 9.94. The first kappa shape index (κ1) is 19.9. The number of Topliss-reactive ketones (excluding diaryl/α,β-unsaturated/α-hetero) is 3. The third kappa shape index (κ3) is 3.85. The van der Waals surface area contributed by atoms with Crippen LogP contribution in [0.1, 0.15) is 55.5 Å². The molecule has 0 fully saturated rings. The zero-order valence-electron chi connectivity index (χ0n) is 15.8. The lowest BCUT2D eigenvalue weighted by Crippen LogP contribution is -2.27. The maximum absolute atomic E-state index is 12.8. The van der Waals surface area contributed by atoms with E-state index < -0.39 is 29.4 Å². The number of carbonyl (C=O) groups is 4. The van der Waals surface area contributed by atoms with Gasteiger partial charge in [-0.25, -0.2) is 4.79 Å². The summed E-state index contributed by atoms with van der Waals surface area (Å²) in [5.74, 6) is -3.08. The van der Waals surface area contributed by atoms with Gasteiger partial charge in [0.1, 0.15) is 17.4 Å². The van der Waals surface area contributed by atoms with Crippen molar-refractivity contribution in [1.29, 1.82) is 0 Å². The lowest BCUT2D eigenvalue weighted by Gasteiger charge is -2.22. The Kier molecular flexibility index (Phi) is 5.67. The topological polar surface area (TPSA) is 116 Å². The van der Waals surface area contributed by atoms with Crippen LogP contribution in [-0.4, -0.2) is 41.3 Å². The highest BCUT2D eigenvalue weighted by Crippen LogP contribution is 2.43. The van der Waals surface area contributed by atoms with Gasteiger partial charge in [-0.15, -0.1) is 0 Å². The summed E-state index contributed by atoms with van der Waals surface area (Å²) in [5.41, 5.74) is 0.330. The molecule has 1 aromatic rings. The van der Waals surface area contributed by atoms with E-state index in [4.69, 9.17) is 14.2 Å². The van der Waals surface area contributed by atoms with Crippen LogP contribution in [0.25, 0.3) is 0 Å². The monoisotopic (exact) mass is 390 g/mol. The predicted molar refractivity (Wildman–Crippen MR) is 95.5 cm³/mol. The summed E-state index contributed by atoms with van der Waals surface area (Å²) in [4.78, 5) is 48.7. The second-order valence-corrected chi connectivity index (χ2v) is 7.14. The van der Waals surface area contributed by atoms with Crippen LogP contribution in [0.4, 0.5) is 0 Å². The van der Waals surface area contributed by atoms with Gasteiger partial charge in [0.15, 0.2) is 11.5 Å². The van der Waals surface area contributed by atoms with Crippen LogP contribution in [-0.2, 0) is 25.5 Å². The Labute approximate surface area is 161 Å². The molecule has 3 rings (SSSR count). The first-order valence-electron chi connectivity index (χ1n) is 9.25. The summed E-state index contributed by atoms with van der Waals surface area (Å²) in [5, 5.41) is 10.4. The molecule has 1 N–H and O–H groups in total. The Morgan fingerprint density at radius 1 is 1.00 bits per heavy atom. The molecule has 8 nitrogen and oxygen atoms in total. The van der Waals surface area contributed by atoms with Gasteiger partial charge in [-0.1, -0.05) is 6.92 Å². The number of benzene rings is 1. The molecule has 0 bridgehead atoms. The quantitative estimate of drug-likeness (QED) is 0.529. The van der Waals surface area contributed by atoms with Crippen molar-refractivity contribution in [3.63, 3.8) is 0 Å². The maximum Gasteiger partial charge on any atom is 0.342 e. The molecule has 0 aliphatic carbocycles. The number of aromatic hydroxyl groups is 1. The number of ketones is 3. The summed E-state index contributed by atoms with van der Waals surface area (Å²) in [7, 11) is 0. The molecular weight excluding hydrogens is 368 g/mol. The van der Waals surface area contributed by atoms with Crippen molar-refractivity contribution >= 4 is 23.3 Å². The van der Waals surface area contributed by atoms with Crippen LogP contribution in [0, 0.1) is 5.92 Å². The predicted octanol–water partition coefficient (Wildman–Crippen LogP) is 2.13. The molecule has 150 valence electrons. The minimum absolute atomic E-state index is 0.0322. The van der Waals surface area contributed by atoms with Crippen LogP contribution in [0.2, 0.25) is 0 Å². The number of rotatable bonds is 0. The van der Waals surface area contributed by atoms with E-state index in [0.29, 0.717) is 23.5 Å². The summed E-state index contributed by atoms with van der Waals surface area (Å²) in [6, 6.07) is 1.30. The van der Waals surface area contributed by atoms with Crippen LogP contribution >= 0.6 is 0 Å². The molecular formula is C20H22O8. The number of esters is 1. The summed E-state index contributed by atoms with van der Waals surface area (Å²) in [6.45, 7) is 3.40. The van der Waals surface area contributed by atoms with Gasteiger partial charge >= 0.3 is 5.97 Å². The van der Waals surface area contributed by atoms with E-state index in [1.54, 1.807) is 13.8 Å². The van der Waals surface area contributed by atoms with E-state index in [2.05, 4.69) is 0 Å². The van der Waals surface area contributed by atoms with E-state index in [1.165, 1.54) is 6.07 Å². The third-order valence-corrected chi connectivity index (χ3v) is 5.20. The Balaban J connectivity index is 1.99. The van der Waals surface area contributed by atoms with E-state index in [-0.39, 0.29) is 49.7 Å². The highest BCUT2D eigenvalue weighted by Gasteiger charge is 2.31. The van der Waals surface area contributed by atoms with E-state index in [9.17, 15) is 24.3 Å². The molecule has 0 saturated carbocycles. The number of hydrogen-bond acceptors (Lipinski definition) is 8. The lowest BCUT2D eigenvalue weighted by molar-refractivity contribution is -0.144. The van der Waals surface area contributed by atoms with Crippen molar-refractivity contribution in [3.05, 3.63) is 17.2 Å². The number of phenols is 1. The summed E-state index contributed by atoms with van der Waals surface area (Å²) in [6.07, 6.45) is -0.117. The van der Waals surface area contributed by atoms with Gasteiger partial charge in [0, 0.05) is 24.5 Å². The average Bonchev–Trinajstić information content (AvgIpc) is 3.11. The molecule has 0 aromatic heterocycles. The maximum atomic E-state index is 12.8. The van der Waals surface area contributed by atoms with Crippen LogP contribution < -0.4 is 9.47 Å². The van der Waals surface area contributed by atoms with Crippen LogP contribution in [0.15, 0.2) is 6.07 Å². The number of fused-ring (bicyclic) bond motifs is 3. The molecule has 2 heterocycles. The molecule has 0 spiro atoms. The molecule has 0 radical (unpaired) electrons. The van der Waals surface area contributed by atoms with Crippen molar-refractivity contribution in [2.75, 3.05) is 6.79 Å². The number of hydrogen-bond donors (Lipinski definition) is 1. The first-order valence-corrected chi connectivity index (χ1v) is 9.25. The second-order valence-electron chi connectivity index (χ2n) is 7.14. The Morgan fingerprint density at radius 2 is 1.71 bits per heavy atom. The summed E-state index contributed by atoms with van der Waals surface area (Å²) >= 11 is 0. The van der Waals surface area contributed by atoms with Crippen molar-refractivity contribution in [2.24, 2.45) is 5.92 Å². The number of cyclic esters (lactones) is 1. The standard InChI is InChI=1S/C20H22O8/c1-10-6-7-14(22)18(24)13(21)5-3-4-12-17(20(25)28-11(10)2)15(23)8-16-19(12)27-9-26-16/h8,10-11,23H,3-7,9H2,1-2H3/t10-,11-/m0/s1. The van der Waals surface area contributed by atoms with Crippen molar-refractivity contribution in [1.82, 2.24) is 0 Å². The van der Waals surface area contributed by atoms with Gasteiger partial charge in [-0.2, -0.15) is 0 Å². The first-order chi connectivity index (χ1) is 13.3. The number of phenolic OH excluding ortho intramolecular Hbond substituents is 1. The van der Waals surface area contributed by atoms with E-state index >= 15 is 0 Å². The van der Waals surface area contributed by atoms with E-state index in [1.807, 2.05) is 0 Å². The SMILES string of the molecule is C[C@@H]1OC(=O)c2c(O)cc3c(c2CCCC(=O)C(=O)C(=O)CC[C@@H]1C)OCO3. The molecule has 1 aromatic carbocycles. The van der Waals surface area contributed by atoms with E-state index in [0.717, 1.165) is 0 Å². The highest BCUT2D eigenvalue weighted by atomic mass is 16.7. The summed E-state index contributed by atoms with van der Waals surface area (Å²) < 4.78 is 16.2. The fourth-order valence-electron chi connectivity index (χ4n) is 3.31. The van der Waals surface area contributed by atoms with Crippen molar-refractivity contribution in [3.8, 4) is 17.2 Å². The Bertz CT molecular complexity index is 841. The second kappa shape index (κ2) is 8.00. The zero-order valence-corrected chi connectivity index (χ0v) is 15.8.